The molecule has 1 N–H and O–H groups in total. The molecule has 0 spiro atoms. The van der Waals surface area contributed by atoms with Gasteiger partial charge in [-0.15, -0.1) is 11.3 Å². The maximum Gasteiger partial charge on any atom is 0.119 e. The van der Waals surface area contributed by atoms with Gasteiger partial charge in [-0.2, -0.15) is 0 Å². The average molecular weight is 262 g/mol. The summed E-state index contributed by atoms with van der Waals surface area (Å²) in [5.74, 6) is 0.915. The van der Waals surface area contributed by atoms with Gasteiger partial charge in [0.15, 0.2) is 0 Å². The molecule has 0 saturated heterocycles. The molecule has 0 aliphatic rings. The quantitative estimate of drug-likeness (QED) is 0.898. The van der Waals surface area contributed by atoms with Crippen LogP contribution in [0.5, 0.6) is 5.75 Å². The number of thiazole rings is 1. The Kier molecular flexibility index (Phi) is 4.33. The van der Waals surface area contributed by atoms with Crippen molar-refractivity contribution in [1.29, 1.82) is 0 Å². The van der Waals surface area contributed by atoms with Crippen LogP contribution in [0.1, 0.15) is 17.6 Å². The van der Waals surface area contributed by atoms with Crippen LogP contribution in [0.2, 0.25) is 0 Å². The minimum atomic E-state index is 0.691. The lowest BCUT2D eigenvalue weighted by Crippen LogP contribution is -2.04. The number of ether oxygens (including phenoxy) is 1. The van der Waals surface area contributed by atoms with Gasteiger partial charge in [-0.1, -0.05) is 12.1 Å². The van der Waals surface area contributed by atoms with E-state index in [1.807, 2.05) is 26.1 Å². The molecule has 0 fully saturated rings. The van der Waals surface area contributed by atoms with Crippen LogP contribution in [0, 0.1) is 6.92 Å². The molecule has 18 heavy (non-hydrogen) atoms. The van der Waals surface area contributed by atoms with E-state index in [4.69, 9.17) is 4.74 Å². The number of rotatable bonds is 5. The summed E-state index contributed by atoms with van der Waals surface area (Å²) >= 11 is 1.73. The summed E-state index contributed by atoms with van der Waals surface area (Å²) < 4.78 is 5.53. The lowest BCUT2D eigenvalue weighted by Gasteiger charge is -2.04. The minimum Gasteiger partial charge on any atom is -0.494 e. The lowest BCUT2D eigenvalue weighted by atomic mass is 10.1. The first-order chi connectivity index (χ1) is 8.74. The van der Waals surface area contributed by atoms with Crippen LogP contribution in [0.15, 0.2) is 24.3 Å². The van der Waals surface area contributed by atoms with Gasteiger partial charge in [-0.3, -0.25) is 0 Å². The second kappa shape index (κ2) is 5.98. The Morgan fingerprint density at radius 2 is 2.22 bits per heavy atom. The molecule has 0 radical (unpaired) electrons. The van der Waals surface area contributed by atoms with Crippen LogP contribution in [-0.4, -0.2) is 18.6 Å². The number of hydrogen-bond acceptors (Lipinski definition) is 4. The number of nitrogens with zero attached hydrogens (tertiary/aromatic N) is 1. The fourth-order valence-electron chi connectivity index (χ4n) is 1.84. The maximum absolute atomic E-state index is 5.53. The summed E-state index contributed by atoms with van der Waals surface area (Å²) in [6, 6.07) is 8.19. The Balaban J connectivity index is 2.32. The van der Waals surface area contributed by atoms with E-state index in [2.05, 4.69) is 29.4 Å². The van der Waals surface area contributed by atoms with Crippen LogP contribution < -0.4 is 10.1 Å². The topological polar surface area (TPSA) is 34.1 Å². The molecule has 1 aromatic carbocycles. The molecule has 2 rings (SSSR count). The molecule has 96 valence electrons. The second-order valence-electron chi connectivity index (χ2n) is 4.01. The Bertz CT molecular complexity index is 522. The van der Waals surface area contributed by atoms with E-state index in [1.54, 1.807) is 11.3 Å². The summed E-state index contributed by atoms with van der Waals surface area (Å²) in [7, 11) is 1.94. The van der Waals surface area contributed by atoms with Crippen molar-refractivity contribution in [2.24, 2.45) is 0 Å². The van der Waals surface area contributed by atoms with Crippen LogP contribution >= 0.6 is 11.3 Å². The second-order valence-corrected chi connectivity index (χ2v) is 5.10. The van der Waals surface area contributed by atoms with Crippen molar-refractivity contribution >= 4 is 11.3 Å². The monoisotopic (exact) mass is 262 g/mol. The third-order valence-corrected chi connectivity index (χ3v) is 3.78. The molecule has 3 nitrogen and oxygen atoms in total. The average Bonchev–Trinajstić information content (AvgIpc) is 2.72. The maximum atomic E-state index is 5.53. The summed E-state index contributed by atoms with van der Waals surface area (Å²) in [5.41, 5.74) is 2.26. The summed E-state index contributed by atoms with van der Waals surface area (Å²) in [6.45, 7) is 5.56. The van der Waals surface area contributed by atoms with Crippen molar-refractivity contribution in [3.05, 3.63) is 35.0 Å². The van der Waals surface area contributed by atoms with E-state index in [9.17, 15) is 0 Å². The van der Waals surface area contributed by atoms with Gasteiger partial charge in [-0.05, 0) is 38.6 Å². The van der Waals surface area contributed by atoms with Gasteiger partial charge < -0.3 is 10.1 Å². The molecule has 0 atom stereocenters. The van der Waals surface area contributed by atoms with E-state index in [0.717, 1.165) is 23.0 Å². The Labute approximate surface area is 112 Å². The van der Waals surface area contributed by atoms with Gasteiger partial charge in [0.05, 0.1) is 17.2 Å². The smallest absolute Gasteiger partial charge is 0.119 e. The standard InChI is InChI=1S/C14H18N2OS/c1-4-17-12-7-5-6-11(8-12)14-10(2)16-13(18-14)9-15-3/h5-8,15H,4,9H2,1-3H3. The summed E-state index contributed by atoms with van der Waals surface area (Å²) in [5, 5.41) is 4.25. The van der Waals surface area contributed by atoms with E-state index >= 15 is 0 Å². The minimum absolute atomic E-state index is 0.691. The predicted molar refractivity (Wildman–Crippen MR) is 76.2 cm³/mol. The van der Waals surface area contributed by atoms with Crippen molar-refractivity contribution in [3.8, 4) is 16.2 Å². The zero-order valence-corrected chi connectivity index (χ0v) is 11.8. The first kappa shape index (κ1) is 13.1. The molecule has 2 aromatic rings. The molecule has 0 saturated carbocycles. The normalized spacial score (nSPS) is 10.6. The largest absolute Gasteiger partial charge is 0.494 e. The summed E-state index contributed by atoms with van der Waals surface area (Å²) in [6.07, 6.45) is 0. The van der Waals surface area contributed by atoms with E-state index in [0.29, 0.717) is 6.61 Å². The van der Waals surface area contributed by atoms with Gasteiger partial charge in [0.1, 0.15) is 10.8 Å². The fraction of sp³-hybridized carbons (Fsp3) is 0.357. The van der Waals surface area contributed by atoms with Crippen LogP contribution in [0.4, 0.5) is 0 Å². The molecule has 0 unspecified atom stereocenters. The van der Waals surface area contributed by atoms with Gasteiger partial charge >= 0.3 is 0 Å². The Hall–Kier alpha value is -1.39. The molecule has 1 heterocycles. The number of aromatic nitrogens is 1. The van der Waals surface area contributed by atoms with Crippen molar-refractivity contribution < 1.29 is 4.74 Å². The molecule has 0 bridgehead atoms. The zero-order valence-electron chi connectivity index (χ0n) is 11.0. The molecular formula is C14H18N2OS. The van der Waals surface area contributed by atoms with Crippen molar-refractivity contribution in [2.75, 3.05) is 13.7 Å². The number of benzene rings is 1. The Morgan fingerprint density at radius 3 is 2.94 bits per heavy atom. The molecule has 4 heteroatoms. The van der Waals surface area contributed by atoms with Crippen molar-refractivity contribution in [3.63, 3.8) is 0 Å². The third-order valence-electron chi connectivity index (χ3n) is 2.58. The van der Waals surface area contributed by atoms with Crippen LogP contribution in [0.3, 0.4) is 0 Å². The third kappa shape index (κ3) is 2.89. The highest BCUT2D eigenvalue weighted by Gasteiger charge is 2.09. The molecule has 0 aliphatic carbocycles. The summed E-state index contributed by atoms with van der Waals surface area (Å²) in [4.78, 5) is 5.79. The van der Waals surface area contributed by atoms with Gasteiger partial charge in [0.2, 0.25) is 0 Å². The van der Waals surface area contributed by atoms with Gasteiger partial charge in [-0.25, -0.2) is 4.98 Å². The predicted octanol–water partition coefficient (Wildman–Crippen LogP) is 3.24. The number of aryl methyl sites for hydroxylation is 1. The molecule has 1 aromatic heterocycles. The zero-order chi connectivity index (χ0) is 13.0. The first-order valence-corrected chi connectivity index (χ1v) is 6.90. The first-order valence-electron chi connectivity index (χ1n) is 6.08. The van der Waals surface area contributed by atoms with E-state index in [1.165, 1.54) is 10.4 Å². The highest BCUT2D eigenvalue weighted by atomic mass is 32.1. The molecule has 0 amide bonds. The van der Waals surface area contributed by atoms with E-state index in [-0.39, 0.29) is 0 Å². The molecule has 0 aliphatic heterocycles. The highest BCUT2D eigenvalue weighted by molar-refractivity contribution is 7.15. The van der Waals surface area contributed by atoms with Crippen molar-refractivity contribution in [1.82, 2.24) is 10.3 Å². The van der Waals surface area contributed by atoms with Crippen molar-refractivity contribution in [2.45, 2.75) is 20.4 Å². The number of nitrogens with one attached hydrogen (secondary N) is 1. The van der Waals surface area contributed by atoms with Gasteiger partial charge in [0.25, 0.3) is 0 Å². The lowest BCUT2D eigenvalue weighted by molar-refractivity contribution is 0.340. The van der Waals surface area contributed by atoms with Crippen LogP contribution in [-0.2, 0) is 6.54 Å². The van der Waals surface area contributed by atoms with Crippen LogP contribution in [0.25, 0.3) is 10.4 Å². The van der Waals surface area contributed by atoms with Gasteiger partial charge in [0, 0.05) is 6.54 Å². The SMILES string of the molecule is CCOc1cccc(-c2sc(CNC)nc2C)c1. The molecular weight excluding hydrogens is 244 g/mol. The highest BCUT2D eigenvalue weighted by Crippen LogP contribution is 2.32. The Morgan fingerprint density at radius 1 is 1.39 bits per heavy atom. The fourth-order valence-corrected chi connectivity index (χ4v) is 2.91. The van der Waals surface area contributed by atoms with E-state index < -0.39 is 0 Å². The number of hydrogen-bond donors (Lipinski definition) is 1.